The van der Waals surface area contributed by atoms with E-state index in [-0.39, 0.29) is 0 Å². The summed E-state index contributed by atoms with van der Waals surface area (Å²) < 4.78 is 0. The van der Waals surface area contributed by atoms with Crippen molar-refractivity contribution >= 4 is 0 Å². The van der Waals surface area contributed by atoms with Crippen LogP contribution in [-0.4, -0.2) is 0 Å². The topological polar surface area (TPSA) is 0 Å². The summed E-state index contributed by atoms with van der Waals surface area (Å²) in [6, 6.07) is 0. The normalized spacial score (nSPS) is 70.6. The predicted octanol–water partition coefficient (Wildman–Crippen LogP) is 2.93. The second-order valence-corrected chi connectivity index (χ2v) is 5.15. The summed E-state index contributed by atoms with van der Waals surface area (Å²) in [4.78, 5) is 0. The first-order valence-corrected chi connectivity index (χ1v) is 5.24. The molecule has 0 amide bonds. The minimum atomic E-state index is 0.925. The molecular formula is C11H18. The lowest BCUT2D eigenvalue weighted by molar-refractivity contribution is 0.426. The first-order chi connectivity index (χ1) is 5.24. The third-order valence-corrected chi connectivity index (χ3v) is 5.15. The standard InChI is InChI=1S/C11H18/c1-4-8-10-6(2)5-9-7(3)11(8,9)10/h6-10H,4-5H2,1-3H3. The van der Waals surface area contributed by atoms with Crippen molar-refractivity contribution in [3.63, 3.8) is 0 Å². The van der Waals surface area contributed by atoms with E-state index in [1.165, 1.54) is 6.42 Å². The molecule has 3 fully saturated rings. The highest BCUT2D eigenvalue weighted by Gasteiger charge is 2.85. The maximum atomic E-state index is 2.49. The molecule has 62 valence electrons. The second kappa shape index (κ2) is 1.53. The molecule has 0 heteroatoms. The Bertz CT molecular complexity index is 208. The number of rotatable bonds is 1. The van der Waals surface area contributed by atoms with Crippen LogP contribution in [0, 0.1) is 35.0 Å². The highest BCUT2D eigenvalue weighted by molar-refractivity contribution is 5.32. The fraction of sp³-hybridized carbons (Fsp3) is 1.00. The van der Waals surface area contributed by atoms with Crippen LogP contribution in [0.25, 0.3) is 0 Å². The van der Waals surface area contributed by atoms with Crippen molar-refractivity contribution in [2.24, 2.45) is 35.0 Å². The van der Waals surface area contributed by atoms with Gasteiger partial charge in [-0.1, -0.05) is 27.2 Å². The molecule has 0 bridgehead atoms. The third kappa shape index (κ3) is 0.443. The minimum absolute atomic E-state index is 0.925. The van der Waals surface area contributed by atoms with Crippen LogP contribution in [0.15, 0.2) is 0 Å². The molecule has 0 N–H and O–H groups in total. The van der Waals surface area contributed by atoms with Gasteiger partial charge < -0.3 is 0 Å². The SMILES string of the molecule is CCC1C2C(C)CC3C(C)C312. The summed E-state index contributed by atoms with van der Waals surface area (Å²) in [6.07, 6.45) is 3.01. The molecule has 0 aromatic rings. The summed E-state index contributed by atoms with van der Waals surface area (Å²) >= 11 is 0. The van der Waals surface area contributed by atoms with Crippen LogP contribution in [-0.2, 0) is 0 Å². The number of hydrogen-bond donors (Lipinski definition) is 0. The Morgan fingerprint density at radius 1 is 1.36 bits per heavy atom. The van der Waals surface area contributed by atoms with E-state index in [1.54, 1.807) is 6.42 Å². The molecule has 0 saturated heterocycles. The first-order valence-electron chi connectivity index (χ1n) is 5.24. The van der Waals surface area contributed by atoms with E-state index in [4.69, 9.17) is 0 Å². The molecule has 6 unspecified atom stereocenters. The maximum absolute atomic E-state index is 2.49. The second-order valence-electron chi connectivity index (χ2n) is 5.15. The van der Waals surface area contributed by atoms with E-state index < -0.39 is 0 Å². The molecule has 11 heavy (non-hydrogen) atoms. The van der Waals surface area contributed by atoms with Gasteiger partial charge in [0.25, 0.3) is 0 Å². The minimum Gasteiger partial charge on any atom is -0.0651 e. The van der Waals surface area contributed by atoms with Gasteiger partial charge in [-0.3, -0.25) is 0 Å². The first kappa shape index (κ1) is 6.51. The van der Waals surface area contributed by atoms with Crippen molar-refractivity contribution in [3.8, 4) is 0 Å². The van der Waals surface area contributed by atoms with E-state index in [2.05, 4.69) is 20.8 Å². The van der Waals surface area contributed by atoms with Crippen molar-refractivity contribution in [2.45, 2.75) is 33.6 Å². The lowest BCUT2D eigenvalue weighted by Gasteiger charge is -2.07. The molecule has 6 atom stereocenters. The average molecular weight is 150 g/mol. The molecule has 1 spiro atoms. The van der Waals surface area contributed by atoms with Gasteiger partial charge in [0, 0.05) is 0 Å². The number of hydrogen-bond acceptors (Lipinski definition) is 0. The Hall–Kier alpha value is 0. The summed E-state index contributed by atoms with van der Waals surface area (Å²) in [7, 11) is 0. The van der Waals surface area contributed by atoms with Crippen molar-refractivity contribution in [1.29, 1.82) is 0 Å². The zero-order chi connectivity index (χ0) is 7.80. The van der Waals surface area contributed by atoms with Crippen LogP contribution in [0.2, 0.25) is 0 Å². The largest absolute Gasteiger partial charge is 0.0651 e. The Labute approximate surface area is 69.4 Å². The highest BCUT2D eigenvalue weighted by Crippen LogP contribution is 2.89. The monoisotopic (exact) mass is 150 g/mol. The van der Waals surface area contributed by atoms with Crippen molar-refractivity contribution in [2.75, 3.05) is 0 Å². The van der Waals surface area contributed by atoms with Crippen LogP contribution in [0.1, 0.15) is 33.6 Å². The summed E-state index contributed by atoms with van der Waals surface area (Å²) in [6.45, 7) is 7.34. The van der Waals surface area contributed by atoms with Gasteiger partial charge in [0.2, 0.25) is 0 Å². The molecule has 0 aromatic carbocycles. The van der Waals surface area contributed by atoms with Gasteiger partial charge in [0.05, 0.1) is 0 Å². The zero-order valence-corrected chi connectivity index (χ0v) is 7.80. The van der Waals surface area contributed by atoms with Gasteiger partial charge in [-0.25, -0.2) is 0 Å². The van der Waals surface area contributed by atoms with E-state index in [0.717, 1.165) is 35.0 Å². The molecule has 3 rings (SSSR count). The molecule has 0 heterocycles. The Morgan fingerprint density at radius 3 is 2.55 bits per heavy atom. The van der Waals surface area contributed by atoms with Gasteiger partial charge in [-0.15, -0.1) is 0 Å². The van der Waals surface area contributed by atoms with Crippen molar-refractivity contribution in [1.82, 2.24) is 0 Å². The lowest BCUT2D eigenvalue weighted by Crippen LogP contribution is -1.99. The molecule has 0 aromatic heterocycles. The smallest absolute Gasteiger partial charge is 0.0173 e. The summed E-state index contributed by atoms with van der Waals surface area (Å²) in [5.41, 5.74) is 0.925. The molecule has 3 aliphatic rings. The molecule has 0 aliphatic heterocycles. The van der Waals surface area contributed by atoms with Gasteiger partial charge in [0.15, 0.2) is 0 Å². The van der Waals surface area contributed by atoms with Crippen molar-refractivity contribution in [3.05, 3.63) is 0 Å². The molecule has 3 aliphatic carbocycles. The van der Waals surface area contributed by atoms with Crippen LogP contribution >= 0.6 is 0 Å². The zero-order valence-electron chi connectivity index (χ0n) is 7.80. The van der Waals surface area contributed by atoms with E-state index in [9.17, 15) is 0 Å². The molecule has 0 nitrogen and oxygen atoms in total. The van der Waals surface area contributed by atoms with E-state index >= 15 is 0 Å². The average Bonchev–Trinajstić information content (AvgIpc) is 2.76. The van der Waals surface area contributed by atoms with Crippen molar-refractivity contribution < 1.29 is 0 Å². The van der Waals surface area contributed by atoms with Crippen LogP contribution in [0.4, 0.5) is 0 Å². The van der Waals surface area contributed by atoms with Gasteiger partial charge in [0.1, 0.15) is 0 Å². The fourth-order valence-corrected chi connectivity index (χ4v) is 4.86. The van der Waals surface area contributed by atoms with Crippen LogP contribution < -0.4 is 0 Å². The predicted molar refractivity (Wildman–Crippen MR) is 46.1 cm³/mol. The summed E-state index contributed by atoms with van der Waals surface area (Å²) in [5, 5.41) is 0. The van der Waals surface area contributed by atoms with E-state index in [0.29, 0.717) is 0 Å². The molecule has 3 saturated carbocycles. The third-order valence-electron chi connectivity index (χ3n) is 5.15. The van der Waals surface area contributed by atoms with Crippen LogP contribution in [0.5, 0.6) is 0 Å². The Kier molecular flexibility index (Phi) is 0.906. The summed E-state index contributed by atoms with van der Waals surface area (Å²) in [5.74, 6) is 5.64. The highest BCUT2D eigenvalue weighted by atomic mass is 14.9. The Morgan fingerprint density at radius 2 is 2.09 bits per heavy atom. The Balaban J connectivity index is 1.91. The van der Waals surface area contributed by atoms with Gasteiger partial charge >= 0.3 is 0 Å². The fourth-order valence-electron chi connectivity index (χ4n) is 4.86. The van der Waals surface area contributed by atoms with Crippen LogP contribution in [0.3, 0.4) is 0 Å². The van der Waals surface area contributed by atoms with Gasteiger partial charge in [-0.2, -0.15) is 0 Å². The lowest BCUT2D eigenvalue weighted by atomic mass is 9.98. The van der Waals surface area contributed by atoms with Gasteiger partial charge in [-0.05, 0) is 41.4 Å². The molecule has 0 radical (unpaired) electrons. The maximum Gasteiger partial charge on any atom is -0.0173 e. The molecular weight excluding hydrogens is 132 g/mol. The quantitative estimate of drug-likeness (QED) is 0.539. The van der Waals surface area contributed by atoms with E-state index in [1.807, 2.05) is 0 Å².